The minimum Gasteiger partial charge on any atom is -0.462 e. The minimum absolute atomic E-state index is 0.307. The molecule has 3 nitrogen and oxygen atoms in total. The molecule has 0 saturated heterocycles. The SMILES string of the molecule is CCOC(=O)c1cc(C)cc(CBr)c1C#N. The molecule has 0 unspecified atom stereocenters. The first-order valence-electron chi connectivity index (χ1n) is 4.90. The highest BCUT2D eigenvalue weighted by atomic mass is 79.9. The number of hydrogen-bond acceptors (Lipinski definition) is 3. The summed E-state index contributed by atoms with van der Waals surface area (Å²) in [5.74, 6) is -0.440. The van der Waals surface area contributed by atoms with Crippen LogP contribution in [0.4, 0.5) is 0 Å². The molecule has 0 radical (unpaired) electrons. The molecule has 0 heterocycles. The van der Waals surface area contributed by atoms with Crippen molar-refractivity contribution in [2.45, 2.75) is 19.2 Å². The first-order valence-corrected chi connectivity index (χ1v) is 6.02. The van der Waals surface area contributed by atoms with Crippen LogP contribution in [0.3, 0.4) is 0 Å². The number of carbonyl (C=O) groups excluding carboxylic acids is 1. The number of carbonyl (C=O) groups is 1. The van der Waals surface area contributed by atoms with Gasteiger partial charge < -0.3 is 4.74 Å². The van der Waals surface area contributed by atoms with Crippen LogP contribution in [0, 0.1) is 18.3 Å². The average molecular weight is 282 g/mol. The van der Waals surface area contributed by atoms with Gasteiger partial charge in [0.15, 0.2) is 0 Å². The van der Waals surface area contributed by atoms with Gasteiger partial charge in [0, 0.05) is 5.33 Å². The van der Waals surface area contributed by atoms with Gasteiger partial charge in [-0.1, -0.05) is 22.0 Å². The highest BCUT2D eigenvalue weighted by Gasteiger charge is 2.16. The second-order valence-electron chi connectivity index (χ2n) is 3.31. The lowest BCUT2D eigenvalue weighted by Gasteiger charge is -2.08. The summed E-state index contributed by atoms with van der Waals surface area (Å²) in [6.45, 7) is 3.93. The van der Waals surface area contributed by atoms with Gasteiger partial charge in [0.2, 0.25) is 0 Å². The normalized spacial score (nSPS) is 9.62. The Morgan fingerprint density at radius 2 is 2.25 bits per heavy atom. The molecule has 0 bridgehead atoms. The minimum atomic E-state index is -0.440. The summed E-state index contributed by atoms with van der Waals surface area (Å²) in [6, 6.07) is 5.62. The number of esters is 1. The standard InChI is InChI=1S/C12H12BrNO2/c1-3-16-12(15)10-5-8(2)4-9(6-13)11(10)7-14/h4-5H,3,6H2,1-2H3. The fourth-order valence-corrected chi connectivity index (χ4v) is 1.91. The lowest BCUT2D eigenvalue weighted by atomic mass is 10.00. The van der Waals surface area contributed by atoms with Crippen LogP contribution in [-0.2, 0) is 10.1 Å². The molecule has 0 aliphatic heterocycles. The Hall–Kier alpha value is -1.34. The number of ether oxygens (including phenoxy) is 1. The molecular formula is C12H12BrNO2. The van der Waals surface area contributed by atoms with Crippen molar-refractivity contribution in [3.05, 3.63) is 34.4 Å². The van der Waals surface area contributed by atoms with Gasteiger partial charge in [-0.15, -0.1) is 0 Å². The van der Waals surface area contributed by atoms with E-state index in [-0.39, 0.29) is 0 Å². The van der Waals surface area contributed by atoms with E-state index in [1.165, 1.54) is 0 Å². The topological polar surface area (TPSA) is 50.1 Å². The Labute approximate surface area is 103 Å². The van der Waals surface area contributed by atoms with Crippen molar-refractivity contribution in [1.82, 2.24) is 0 Å². The van der Waals surface area contributed by atoms with Crippen molar-refractivity contribution in [1.29, 1.82) is 5.26 Å². The molecule has 16 heavy (non-hydrogen) atoms. The molecule has 0 aromatic heterocycles. The van der Waals surface area contributed by atoms with Crippen LogP contribution >= 0.6 is 15.9 Å². The number of nitrogens with zero attached hydrogens (tertiary/aromatic N) is 1. The molecule has 1 aromatic carbocycles. The summed E-state index contributed by atoms with van der Waals surface area (Å²) in [4.78, 5) is 11.7. The van der Waals surface area contributed by atoms with Crippen LogP contribution in [0.25, 0.3) is 0 Å². The fraction of sp³-hybridized carbons (Fsp3) is 0.333. The van der Waals surface area contributed by atoms with E-state index in [4.69, 9.17) is 10.00 Å². The van der Waals surface area contributed by atoms with Gasteiger partial charge in [0.05, 0.1) is 17.7 Å². The third-order valence-corrected chi connectivity index (χ3v) is 2.72. The highest BCUT2D eigenvalue weighted by molar-refractivity contribution is 9.08. The number of aryl methyl sites for hydroxylation is 1. The summed E-state index contributed by atoms with van der Waals surface area (Å²) in [5, 5.41) is 9.61. The van der Waals surface area contributed by atoms with Gasteiger partial charge in [-0.25, -0.2) is 4.79 Å². The summed E-state index contributed by atoms with van der Waals surface area (Å²) < 4.78 is 4.92. The predicted molar refractivity (Wildman–Crippen MR) is 64.5 cm³/mol. The Bertz CT molecular complexity index is 449. The zero-order valence-electron chi connectivity index (χ0n) is 9.21. The van der Waals surface area contributed by atoms with Crippen molar-refractivity contribution in [2.75, 3.05) is 6.61 Å². The van der Waals surface area contributed by atoms with Crippen LogP contribution in [0.5, 0.6) is 0 Å². The van der Waals surface area contributed by atoms with Crippen LogP contribution in [0.1, 0.15) is 34.0 Å². The van der Waals surface area contributed by atoms with Crippen LogP contribution in [0.2, 0.25) is 0 Å². The largest absolute Gasteiger partial charge is 0.462 e. The summed E-state index contributed by atoms with van der Waals surface area (Å²) in [6.07, 6.45) is 0. The van der Waals surface area contributed by atoms with Crippen LogP contribution in [0.15, 0.2) is 12.1 Å². The van der Waals surface area contributed by atoms with Crippen LogP contribution in [-0.4, -0.2) is 12.6 Å². The Morgan fingerprint density at radius 1 is 1.56 bits per heavy atom. The molecule has 84 valence electrons. The maximum atomic E-state index is 11.7. The zero-order chi connectivity index (χ0) is 12.1. The van der Waals surface area contributed by atoms with E-state index in [0.29, 0.717) is 23.1 Å². The number of rotatable bonds is 3. The predicted octanol–water partition coefficient (Wildman–Crippen LogP) is 2.94. The van der Waals surface area contributed by atoms with Gasteiger partial charge in [-0.2, -0.15) is 5.26 Å². The monoisotopic (exact) mass is 281 g/mol. The van der Waals surface area contributed by atoms with Gasteiger partial charge in [0.25, 0.3) is 0 Å². The second-order valence-corrected chi connectivity index (χ2v) is 3.87. The van der Waals surface area contributed by atoms with E-state index < -0.39 is 5.97 Å². The molecule has 1 aromatic rings. The number of hydrogen-bond donors (Lipinski definition) is 0. The Morgan fingerprint density at radius 3 is 2.75 bits per heavy atom. The van der Waals surface area contributed by atoms with Gasteiger partial charge >= 0.3 is 5.97 Å². The lowest BCUT2D eigenvalue weighted by molar-refractivity contribution is 0.0526. The molecular weight excluding hydrogens is 270 g/mol. The summed E-state index contributed by atoms with van der Waals surface area (Å²) >= 11 is 3.30. The molecule has 0 fully saturated rings. The quantitative estimate of drug-likeness (QED) is 0.632. The van der Waals surface area contributed by atoms with E-state index in [2.05, 4.69) is 22.0 Å². The van der Waals surface area contributed by atoms with E-state index in [1.54, 1.807) is 13.0 Å². The highest BCUT2D eigenvalue weighted by Crippen LogP contribution is 2.20. The van der Waals surface area contributed by atoms with Gasteiger partial charge in [0.1, 0.15) is 6.07 Å². The molecule has 0 N–H and O–H groups in total. The molecule has 0 atom stereocenters. The molecule has 0 spiro atoms. The molecule has 0 saturated carbocycles. The zero-order valence-corrected chi connectivity index (χ0v) is 10.8. The smallest absolute Gasteiger partial charge is 0.339 e. The van der Waals surface area contributed by atoms with Crippen LogP contribution < -0.4 is 0 Å². The maximum absolute atomic E-state index is 11.7. The Balaban J connectivity index is 3.32. The number of alkyl halides is 1. The van der Waals surface area contributed by atoms with Crippen molar-refractivity contribution in [2.24, 2.45) is 0 Å². The molecule has 0 aliphatic carbocycles. The van der Waals surface area contributed by atoms with E-state index in [1.807, 2.05) is 13.0 Å². The van der Waals surface area contributed by atoms with E-state index >= 15 is 0 Å². The fourth-order valence-electron chi connectivity index (χ4n) is 1.47. The number of benzene rings is 1. The lowest BCUT2D eigenvalue weighted by Crippen LogP contribution is -2.09. The first-order chi connectivity index (χ1) is 7.63. The third kappa shape index (κ3) is 2.61. The maximum Gasteiger partial charge on any atom is 0.339 e. The molecule has 0 aliphatic rings. The van der Waals surface area contributed by atoms with Gasteiger partial charge in [-0.3, -0.25) is 0 Å². The molecule has 1 rings (SSSR count). The molecule has 0 amide bonds. The third-order valence-electron chi connectivity index (χ3n) is 2.12. The first kappa shape index (κ1) is 12.7. The second kappa shape index (κ2) is 5.66. The van der Waals surface area contributed by atoms with E-state index in [0.717, 1.165) is 11.1 Å². The van der Waals surface area contributed by atoms with Crippen molar-refractivity contribution in [3.63, 3.8) is 0 Å². The Kier molecular flexibility index (Phi) is 4.51. The van der Waals surface area contributed by atoms with Crippen molar-refractivity contribution < 1.29 is 9.53 Å². The van der Waals surface area contributed by atoms with Crippen molar-refractivity contribution >= 4 is 21.9 Å². The van der Waals surface area contributed by atoms with Crippen molar-refractivity contribution in [3.8, 4) is 6.07 Å². The summed E-state index contributed by atoms with van der Waals surface area (Å²) in [5.41, 5.74) is 2.49. The summed E-state index contributed by atoms with van der Waals surface area (Å²) in [7, 11) is 0. The number of nitriles is 1. The average Bonchev–Trinajstić information content (AvgIpc) is 2.28. The van der Waals surface area contributed by atoms with E-state index in [9.17, 15) is 4.79 Å². The molecule has 4 heteroatoms. The number of halogens is 1. The van der Waals surface area contributed by atoms with Gasteiger partial charge in [-0.05, 0) is 31.0 Å².